The zero-order chi connectivity index (χ0) is 13.9. The van der Waals surface area contributed by atoms with Crippen LogP contribution in [0, 0.1) is 0 Å². The van der Waals surface area contributed by atoms with Crippen LogP contribution in [0.3, 0.4) is 0 Å². The number of fused-ring (bicyclic) bond motifs is 1. The molecule has 1 saturated heterocycles. The van der Waals surface area contributed by atoms with Crippen molar-refractivity contribution in [3.8, 4) is 0 Å². The summed E-state index contributed by atoms with van der Waals surface area (Å²) in [5.74, 6) is 0. The van der Waals surface area contributed by atoms with E-state index in [1.165, 1.54) is 24.1 Å². The smallest absolute Gasteiger partial charge is 0.320 e. The molecule has 6 heteroatoms. The molecule has 0 aromatic carbocycles. The van der Waals surface area contributed by atoms with Gasteiger partial charge >= 0.3 is 6.03 Å². The van der Waals surface area contributed by atoms with Crippen molar-refractivity contribution in [2.45, 2.75) is 51.2 Å². The van der Waals surface area contributed by atoms with Crippen molar-refractivity contribution in [1.29, 1.82) is 0 Å². The van der Waals surface area contributed by atoms with Crippen LogP contribution in [0.4, 0.5) is 10.5 Å². The Labute approximate surface area is 118 Å². The number of urea groups is 1. The van der Waals surface area contributed by atoms with Crippen LogP contribution in [0.2, 0.25) is 0 Å². The predicted molar refractivity (Wildman–Crippen MR) is 77.2 cm³/mol. The number of carbonyl (C=O) groups excluding carboxylic acids is 1. The second kappa shape index (κ2) is 5.76. The number of aryl methyl sites for hydroxylation is 2. The molecule has 0 saturated carbocycles. The fourth-order valence-corrected chi connectivity index (χ4v) is 2.79. The summed E-state index contributed by atoms with van der Waals surface area (Å²) in [4.78, 5) is 16.4. The molecule has 3 rings (SSSR count). The van der Waals surface area contributed by atoms with E-state index in [2.05, 4.69) is 33.4 Å². The fraction of sp³-hybridized carbons (Fsp3) is 0.571. The third kappa shape index (κ3) is 3.08. The Morgan fingerprint density at radius 2 is 2.20 bits per heavy atom. The molecule has 0 bridgehead atoms. The number of aromatic nitrogens is 1. The van der Waals surface area contributed by atoms with E-state index in [9.17, 15) is 4.79 Å². The summed E-state index contributed by atoms with van der Waals surface area (Å²) in [6, 6.07) is 2.21. The van der Waals surface area contributed by atoms with Gasteiger partial charge in [0.05, 0.1) is 18.1 Å². The molecule has 2 heterocycles. The summed E-state index contributed by atoms with van der Waals surface area (Å²) >= 11 is 0. The number of hydrazine groups is 1. The van der Waals surface area contributed by atoms with Gasteiger partial charge < -0.3 is 10.6 Å². The van der Waals surface area contributed by atoms with Crippen LogP contribution < -0.4 is 21.5 Å². The summed E-state index contributed by atoms with van der Waals surface area (Å²) < 4.78 is 0. The van der Waals surface area contributed by atoms with Gasteiger partial charge in [-0.25, -0.2) is 10.2 Å². The predicted octanol–water partition coefficient (Wildman–Crippen LogP) is 1.29. The summed E-state index contributed by atoms with van der Waals surface area (Å²) in [7, 11) is 0. The SMILES string of the molecule is CC1CC(NC(=O)Nc2cnc3c(c2)CCCC3)NN1. The monoisotopic (exact) mass is 275 g/mol. The lowest BCUT2D eigenvalue weighted by atomic mass is 9.96. The Morgan fingerprint density at radius 3 is 3.00 bits per heavy atom. The van der Waals surface area contributed by atoms with Gasteiger partial charge in [-0.1, -0.05) is 0 Å². The molecule has 1 aromatic heterocycles. The molecule has 20 heavy (non-hydrogen) atoms. The molecular formula is C14H21N5O. The van der Waals surface area contributed by atoms with Crippen molar-refractivity contribution in [2.24, 2.45) is 0 Å². The number of nitrogens with zero attached hydrogens (tertiary/aromatic N) is 1. The van der Waals surface area contributed by atoms with Crippen molar-refractivity contribution in [2.75, 3.05) is 5.32 Å². The van der Waals surface area contributed by atoms with Crippen molar-refractivity contribution >= 4 is 11.7 Å². The first kappa shape index (κ1) is 13.3. The molecule has 1 aliphatic carbocycles. The average Bonchev–Trinajstić information content (AvgIpc) is 2.83. The van der Waals surface area contributed by atoms with Gasteiger partial charge in [0.2, 0.25) is 0 Å². The van der Waals surface area contributed by atoms with Crippen molar-refractivity contribution < 1.29 is 4.79 Å². The van der Waals surface area contributed by atoms with E-state index in [1.807, 2.05) is 6.07 Å². The normalized spacial score (nSPS) is 25.1. The molecular weight excluding hydrogens is 254 g/mol. The topological polar surface area (TPSA) is 78.1 Å². The standard InChI is InChI=1S/C14H21N5O/c1-9-6-13(19-18-9)17-14(20)16-11-7-10-4-2-3-5-12(10)15-8-11/h7-9,13,18-19H,2-6H2,1H3,(H2,16,17,20). The molecule has 4 N–H and O–H groups in total. The fourth-order valence-electron chi connectivity index (χ4n) is 2.79. The van der Waals surface area contributed by atoms with Crippen LogP contribution in [-0.4, -0.2) is 23.2 Å². The van der Waals surface area contributed by atoms with Crippen LogP contribution in [-0.2, 0) is 12.8 Å². The van der Waals surface area contributed by atoms with Crippen LogP contribution >= 0.6 is 0 Å². The first-order chi connectivity index (χ1) is 9.70. The number of hydrogen-bond acceptors (Lipinski definition) is 4. The number of rotatable bonds is 2. The van der Waals surface area contributed by atoms with E-state index >= 15 is 0 Å². The van der Waals surface area contributed by atoms with Gasteiger partial charge in [-0.2, -0.15) is 0 Å². The summed E-state index contributed by atoms with van der Waals surface area (Å²) in [5.41, 5.74) is 9.32. The molecule has 1 aromatic rings. The van der Waals surface area contributed by atoms with E-state index in [0.717, 1.165) is 24.9 Å². The van der Waals surface area contributed by atoms with Crippen molar-refractivity contribution in [3.05, 3.63) is 23.5 Å². The molecule has 6 nitrogen and oxygen atoms in total. The second-order valence-electron chi connectivity index (χ2n) is 5.61. The van der Waals surface area contributed by atoms with Crippen molar-refractivity contribution in [1.82, 2.24) is 21.2 Å². The van der Waals surface area contributed by atoms with Gasteiger partial charge in [0.25, 0.3) is 0 Å². The van der Waals surface area contributed by atoms with E-state index in [1.54, 1.807) is 6.20 Å². The highest BCUT2D eigenvalue weighted by atomic mass is 16.2. The first-order valence-electron chi connectivity index (χ1n) is 7.27. The highest BCUT2D eigenvalue weighted by Gasteiger charge is 2.21. The number of hydrogen-bond donors (Lipinski definition) is 4. The van der Waals surface area contributed by atoms with Crippen LogP contribution in [0.15, 0.2) is 12.3 Å². The van der Waals surface area contributed by atoms with Crippen LogP contribution in [0.5, 0.6) is 0 Å². The minimum Gasteiger partial charge on any atom is -0.321 e. The maximum Gasteiger partial charge on any atom is 0.320 e. The minimum absolute atomic E-state index is 0.0319. The van der Waals surface area contributed by atoms with E-state index < -0.39 is 0 Å². The van der Waals surface area contributed by atoms with E-state index in [4.69, 9.17) is 0 Å². The summed E-state index contributed by atoms with van der Waals surface area (Å²) in [6.07, 6.45) is 7.12. The third-order valence-corrected chi connectivity index (χ3v) is 3.83. The van der Waals surface area contributed by atoms with E-state index in [-0.39, 0.29) is 12.2 Å². The molecule has 0 spiro atoms. The Kier molecular flexibility index (Phi) is 3.84. The second-order valence-corrected chi connectivity index (χ2v) is 5.61. The van der Waals surface area contributed by atoms with Gasteiger partial charge in [-0.05, 0) is 50.7 Å². The molecule has 108 valence electrons. The number of nitrogens with one attached hydrogen (secondary N) is 4. The molecule has 2 atom stereocenters. The average molecular weight is 275 g/mol. The number of anilines is 1. The zero-order valence-corrected chi connectivity index (χ0v) is 11.7. The lowest BCUT2D eigenvalue weighted by Gasteiger charge is -2.17. The Morgan fingerprint density at radius 1 is 1.35 bits per heavy atom. The van der Waals surface area contributed by atoms with E-state index in [0.29, 0.717) is 6.04 Å². The lowest BCUT2D eigenvalue weighted by molar-refractivity contribution is 0.247. The largest absolute Gasteiger partial charge is 0.321 e. The molecule has 2 unspecified atom stereocenters. The molecule has 1 fully saturated rings. The minimum atomic E-state index is -0.198. The van der Waals surface area contributed by atoms with Gasteiger partial charge in [-0.3, -0.25) is 10.4 Å². The van der Waals surface area contributed by atoms with Crippen LogP contribution in [0.25, 0.3) is 0 Å². The van der Waals surface area contributed by atoms with Crippen molar-refractivity contribution in [3.63, 3.8) is 0 Å². The Balaban J connectivity index is 1.58. The molecule has 2 aliphatic rings. The summed E-state index contributed by atoms with van der Waals surface area (Å²) in [6.45, 7) is 2.07. The number of amides is 2. The number of pyridine rings is 1. The van der Waals surface area contributed by atoms with Gasteiger partial charge in [0.1, 0.15) is 0 Å². The van der Waals surface area contributed by atoms with Crippen LogP contribution in [0.1, 0.15) is 37.4 Å². The maximum atomic E-state index is 11.9. The Hall–Kier alpha value is -1.66. The van der Waals surface area contributed by atoms with Gasteiger partial charge in [0, 0.05) is 11.7 Å². The van der Waals surface area contributed by atoms with Gasteiger partial charge in [-0.15, -0.1) is 0 Å². The third-order valence-electron chi connectivity index (χ3n) is 3.83. The molecule has 0 radical (unpaired) electrons. The zero-order valence-electron chi connectivity index (χ0n) is 11.7. The van der Waals surface area contributed by atoms with Gasteiger partial charge in [0.15, 0.2) is 0 Å². The Bertz CT molecular complexity index is 504. The maximum absolute atomic E-state index is 11.9. The highest BCUT2D eigenvalue weighted by molar-refractivity contribution is 5.89. The summed E-state index contributed by atoms with van der Waals surface area (Å²) in [5, 5.41) is 5.74. The quantitative estimate of drug-likeness (QED) is 0.656. The molecule has 2 amide bonds. The highest BCUT2D eigenvalue weighted by Crippen LogP contribution is 2.21. The molecule has 1 aliphatic heterocycles. The lowest BCUT2D eigenvalue weighted by Crippen LogP contribution is -2.46. The first-order valence-corrected chi connectivity index (χ1v) is 7.27. The number of carbonyl (C=O) groups is 1.